The number of H-pyrrole nitrogens is 1. The second-order valence-electron chi connectivity index (χ2n) is 8.63. The molecule has 0 radical (unpaired) electrons. The number of aromatic amines is 1. The maximum Gasteiger partial charge on any atom is 0.275 e. The number of amides is 1. The number of carbonyl (C=O) groups excluding carboxylic acids is 1. The third-order valence-corrected chi connectivity index (χ3v) is 6.14. The summed E-state index contributed by atoms with van der Waals surface area (Å²) < 4.78 is 27.3. The molecule has 12 heteroatoms. The zero-order valence-electron chi connectivity index (χ0n) is 18.7. The van der Waals surface area contributed by atoms with E-state index in [1.165, 1.54) is 24.4 Å². The van der Waals surface area contributed by atoms with Crippen LogP contribution in [-0.2, 0) is 0 Å². The summed E-state index contributed by atoms with van der Waals surface area (Å²) in [5, 5.41) is 30.6. The molecule has 5 atom stereocenters. The molecular formula is C22H27F2N7O3. The van der Waals surface area contributed by atoms with Gasteiger partial charge in [-0.1, -0.05) is 6.58 Å². The topological polar surface area (TPSA) is 140 Å². The van der Waals surface area contributed by atoms with Gasteiger partial charge >= 0.3 is 0 Å². The van der Waals surface area contributed by atoms with Gasteiger partial charge in [0.05, 0.1) is 42.4 Å². The molecule has 0 spiro atoms. The van der Waals surface area contributed by atoms with Crippen molar-refractivity contribution in [2.45, 2.75) is 63.1 Å². The highest BCUT2D eigenvalue weighted by molar-refractivity contribution is 6.08. The van der Waals surface area contributed by atoms with E-state index in [1.54, 1.807) is 0 Å². The number of aliphatic hydroxyl groups excluding tert-OH is 2. The fraction of sp³-hybridized carbons (Fsp3) is 0.500. The van der Waals surface area contributed by atoms with Crippen molar-refractivity contribution in [1.29, 1.82) is 0 Å². The number of rotatable bonds is 6. The van der Waals surface area contributed by atoms with E-state index >= 15 is 0 Å². The number of alkyl halides is 1. The van der Waals surface area contributed by atoms with Gasteiger partial charge < -0.3 is 20.4 Å². The van der Waals surface area contributed by atoms with Crippen molar-refractivity contribution in [3.63, 3.8) is 0 Å². The number of nitrogens with zero attached hydrogens (tertiary/aromatic N) is 5. The lowest BCUT2D eigenvalue weighted by Crippen LogP contribution is -2.45. The lowest BCUT2D eigenvalue weighted by atomic mass is 9.90. The van der Waals surface area contributed by atoms with Crippen LogP contribution in [0, 0.1) is 0 Å². The number of hydrogen-bond acceptors (Lipinski definition) is 8. The molecule has 1 saturated carbocycles. The van der Waals surface area contributed by atoms with Gasteiger partial charge in [0.1, 0.15) is 24.1 Å². The minimum atomic E-state index is -1.27. The molecule has 3 heterocycles. The summed E-state index contributed by atoms with van der Waals surface area (Å²) in [6, 6.07) is -1.15. The second-order valence-corrected chi connectivity index (χ2v) is 8.63. The highest BCUT2D eigenvalue weighted by Crippen LogP contribution is 2.31. The first-order valence-electron chi connectivity index (χ1n) is 11.1. The molecule has 4 rings (SSSR count). The molecule has 10 nitrogen and oxygen atoms in total. The number of halogens is 2. The van der Waals surface area contributed by atoms with E-state index in [0.29, 0.717) is 29.4 Å². The van der Waals surface area contributed by atoms with Gasteiger partial charge in [-0.3, -0.25) is 14.9 Å². The normalized spacial score (nSPS) is 28.1. The van der Waals surface area contributed by atoms with Gasteiger partial charge in [0.25, 0.3) is 5.91 Å². The number of nitrogens with one attached hydrogen (secondary N) is 2. The minimum absolute atomic E-state index is 0.00714. The largest absolute Gasteiger partial charge is 0.390 e. The Kier molecular flexibility index (Phi) is 6.98. The number of likely N-dealkylation sites (tertiary alicyclic amines) is 1. The number of allylic oxidation sites excluding steroid dienone is 1. The number of anilines is 1. The van der Waals surface area contributed by atoms with Crippen LogP contribution >= 0.6 is 0 Å². The van der Waals surface area contributed by atoms with Crippen molar-refractivity contribution in [3.8, 4) is 0 Å². The summed E-state index contributed by atoms with van der Waals surface area (Å²) >= 11 is 0. The number of fused-ring (bicyclic) bond motifs is 1. The smallest absolute Gasteiger partial charge is 0.275 e. The molecule has 1 aliphatic heterocycles. The summed E-state index contributed by atoms with van der Waals surface area (Å²) in [5.74, 6) is -0.771. The van der Waals surface area contributed by atoms with E-state index in [2.05, 4.69) is 37.1 Å². The van der Waals surface area contributed by atoms with Crippen LogP contribution in [0.1, 0.15) is 43.1 Å². The van der Waals surface area contributed by atoms with Crippen molar-refractivity contribution in [3.05, 3.63) is 36.2 Å². The average molecular weight is 476 g/mol. The van der Waals surface area contributed by atoms with Crippen LogP contribution in [0.15, 0.2) is 35.5 Å². The first kappa shape index (κ1) is 23.9. The Labute approximate surface area is 194 Å². The van der Waals surface area contributed by atoms with Crippen LogP contribution in [-0.4, -0.2) is 84.4 Å². The highest BCUT2D eigenvalue weighted by atomic mass is 19.1. The van der Waals surface area contributed by atoms with E-state index in [4.69, 9.17) is 0 Å². The summed E-state index contributed by atoms with van der Waals surface area (Å²) in [4.78, 5) is 27.0. The predicted octanol–water partition coefficient (Wildman–Crippen LogP) is 2.05. The van der Waals surface area contributed by atoms with Crippen LogP contribution in [0.3, 0.4) is 0 Å². The molecule has 1 amide bonds. The maximum absolute atomic E-state index is 14.4. The van der Waals surface area contributed by atoms with Gasteiger partial charge in [-0.2, -0.15) is 5.10 Å². The predicted molar refractivity (Wildman–Crippen MR) is 122 cm³/mol. The molecule has 1 saturated heterocycles. The Bertz CT molecular complexity index is 1130. The molecule has 2 aromatic heterocycles. The summed E-state index contributed by atoms with van der Waals surface area (Å²) in [5.41, 5.74) is 0.648. The second kappa shape index (κ2) is 9.94. The minimum Gasteiger partial charge on any atom is -0.390 e. The van der Waals surface area contributed by atoms with Crippen molar-refractivity contribution in [2.24, 2.45) is 4.99 Å². The van der Waals surface area contributed by atoms with Gasteiger partial charge in [-0.05, 0) is 31.8 Å². The number of aliphatic imine (C=N–C) groups is 1. The lowest BCUT2D eigenvalue weighted by Gasteiger charge is -2.32. The van der Waals surface area contributed by atoms with Crippen molar-refractivity contribution in [1.82, 2.24) is 25.1 Å². The Balaban J connectivity index is 1.63. The van der Waals surface area contributed by atoms with Crippen LogP contribution in [0.5, 0.6) is 0 Å². The number of aliphatic hydroxyl groups is 2. The Morgan fingerprint density at radius 1 is 1.38 bits per heavy atom. The fourth-order valence-corrected chi connectivity index (χ4v) is 4.43. The molecule has 0 unspecified atom stereocenters. The van der Waals surface area contributed by atoms with Crippen LogP contribution in [0.2, 0.25) is 0 Å². The average Bonchev–Trinajstić information content (AvgIpc) is 3.40. The van der Waals surface area contributed by atoms with E-state index in [1.807, 2.05) is 0 Å². The van der Waals surface area contributed by atoms with Gasteiger partial charge in [0.2, 0.25) is 0 Å². The molecule has 2 aliphatic rings. The van der Waals surface area contributed by atoms with Crippen LogP contribution in [0.4, 0.5) is 14.6 Å². The molecule has 0 bridgehead atoms. The van der Waals surface area contributed by atoms with E-state index < -0.39 is 42.2 Å². The zero-order valence-corrected chi connectivity index (χ0v) is 18.7. The summed E-state index contributed by atoms with van der Waals surface area (Å²) in [6.45, 7) is 4.96. The zero-order chi connectivity index (χ0) is 24.4. The molecule has 0 aromatic carbocycles. The van der Waals surface area contributed by atoms with Crippen molar-refractivity contribution < 1.29 is 23.8 Å². The Morgan fingerprint density at radius 3 is 2.94 bits per heavy atom. The quantitative estimate of drug-likeness (QED) is 0.469. The van der Waals surface area contributed by atoms with Gasteiger partial charge in [-0.25, -0.2) is 18.7 Å². The first-order chi connectivity index (χ1) is 16.3. The van der Waals surface area contributed by atoms with E-state index in [9.17, 15) is 23.8 Å². The first-order valence-corrected chi connectivity index (χ1v) is 11.1. The monoisotopic (exact) mass is 475 g/mol. The molecular weight excluding hydrogens is 448 g/mol. The Hall–Kier alpha value is -3.25. The fourth-order valence-electron chi connectivity index (χ4n) is 4.43. The molecule has 1 aliphatic carbocycles. The molecule has 182 valence electrons. The van der Waals surface area contributed by atoms with Gasteiger partial charge in [0, 0.05) is 12.6 Å². The molecule has 4 N–H and O–H groups in total. The Morgan fingerprint density at radius 2 is 2.18 bits per heavy atom. The maximum atomic E-state index is 14.4. The summed E-state index contributed by atoms with van der Waals surface area (Å²) in [6.07, 6.45) is 2.34. The standard InChI is InChI=1S/C22H27F2N7O3/c1-11(7-25-8-12(2)23)15-6-13(24)9-31(15)22(34)18-17-20(26-10-27-21(17)30-29-18)28-14-4-3-5-16(32)19(14)33/h7-8,10,13-16,19,32-33H,1,3-6,9H2,2H3,(H2,26,27,28,29,30)/b12-8+,25-7-/t13-,14+,15+,16+,19-/m0/s1. The molecule has 2 fully saturated rings. The van der Waals surface area contributed by atoms with Gasteiger partial charge in [0.15, 0.2) is 11.3 Å². The number of aromatic nitrogens is 4. The van der Waals surface area contributed by atoms with Crippen molar-refractivity contribution in [2.75, 3.05) is 11.9 Å². The van der Waals surface area contributed by atoms with Crippen LogP contribution in [0.25, 0.3) is 11.0 Å². The lowest BCUT2D eigenvalue weighted by molar-refractivity contribution is -0.0161. The SMILES string of the molecule is C=C(/C=N\C=C(/C)F)[C@H]1C[C@H](F)CN1C(=O)c1n[nH]c2ncnc(N[C@@H]3CCC[C@@H](O)[C@H]3O)c12. The molecule has 2 aromatic rings. The third kappa shape index (κ3) is 4.82. The van der Waals surface area contributed by atoms with E-state index in [-0.39, 0.29) is 24.5 Å². The number of carbonyl (C=O) groups is 1. The third-order valence-electron chi connectivity index (χ3n) is 6.14. The number of hydrogen-bond donors (Lipinski definition) is 4. The van der Waals surface area contributed by atoms with E-state index in [0.717, 1.165) is 12.6 Å². The van der Waals surface area contributed by atoms with Crippen LogP contribution < -0.4 is 5.32 Å². The summed E-state index contributed by atoms with van der Waals surface area (Å²) in [7, 11) is 0. The highest BCUT2D eigenvalue weighted by Gasteiger charge is 2.39. The van der Waals surface area contributed by atoms with Gasteiger partial charge in [-0.15, -0.1) is 0 Å². The van der Waals surface area contributed by atoms with Crippen molar-refractivity contribution >= 4 is 29.0 Å². The molecule has 34 heavy (non-hydrogen) atoms.